The first-order valence-corrected chi connectivity index (χ1v) is 31.2. The van der Waals surface area contributed by atoms with Gasteiger partial charge in [0, 0.05) is 29.1 Å². The molecule has 2 saturated carbocycles. The van der Waals surface area contributed by atoms with Crippen LogP contribution in [0.15, 0.2) is 109 Å². The van der Waals surface area contributed by atoms with Gasteiger partial charge in [-0.2, -0.15) is 0 Å². The molecule has 9 heteroatoms. The Hall–Kier alpha value is -6.87. The second-order valence-corrected chi connectivity index (χ2v) is 23.7. The van der Waals surface area contributed by atoms with Crippen molar-refractivity contribution in [1.29, 1.82) is 0 Å². The summed E-state index contributed by atoms with van der Waals surface area (Å²) < 4.78 is 13.0. The van der Waals surface area contributed by atoms with E-state index >= 15 is 9.59 Å². The van der Waals surface area contributed by atoms with Crippen LogP contribution in [0.1, 0.15) is 253 Å². The molecule has 6 aromatic carbocycles. The van der Waals surface area contributed by atoms with Crippen LogP contribution in [0.5, 0.6) is 34.5 Å². The van der Waals surface area contributed by atoms with Crippen molar-refractivity contribution in [2.45, 2.75) is 200 Å². The monoisotopic (exact) mass is 1090 g/mol. The minimum absolute atomic E-state index is 0.0198. The Morgan fingerprint density at radius 2 is 0.914 bits per heavy atom. The van der Waals surface area contributed by atoms with E-state index in [0.717, 1.165) is 56.8 Å². The van der Waals surface area contributed by atoms with Crippen molar-refractivity contribution in [2.24, 2.45) is 11.8 Å². The highest BCUT2D eigenvalue weighted by atomic mass is 16.5. The molecule has 0 amide bonds. The normalized spacial score (nSPS) is 17.8. The molecule has 4 N–H and O–H groups in total. The number of hydrogen-bond donors (Lipinski definition) is 4. The van der Waals surface area contributed by atoms with Crippen molar-refractivity contribution in [3.05, 3.63) is 154 Å². The molecule has 9 rings (SSSR count). The number of carbonyl (C=O) groups excluding carboxylic acids is 3. The average Bonchev–Trinajstić information content (AvgIpc) is 2.88. The molecule has 0 bridgehead atoms. The maximum absolute atomic E-state index is 15.5. The lowest BCUT2D eigenvalue weighted by molar-refractivity contribution is 0.0974. The van der Waals surface area contributed by atoms with E-state index < -0.39 is 23.1 Å². The number of anilines is 4. The SMILES string of the molecule is CCCCCCCCC1CCC(c2ccc(Oc3cc(Nc4ccc(CCCC)cc4)c4c(c3O)C(=O)c3c(Nc5ccccc5C(C)=O)cc(Oc5ccc(C6CCC(CCCCCCCC)CC6)cc5)c(O)c3C4=O)cc2)CC1. The number of para-hydroxylation sites is 1. The zero-order valence-corrected chi connectivity index (χ0v) is 48.8. The summed E-state index contributed by atoms with van der Waals surface area (Å²) >= 11 is 0. The summed E-state index contributed by atoms with van der Waals surface area (Å²) in [4.78, 5) is 44.0. The molecule has 2 fully saturated rings. The first kappa shape index (κ1) is 58.8. The molecule has 6 aromatic rings. The number of ketones is 3. The van der Waals surface area contributed by atoms with Crippen molar-refractivity contribution in [3.63, 3.8) is 0 Å². The Labute approximate surface area is 482 Å². The first-order valence-electron chi connectivity index (χ1n) is 31.2. The van der Waals surface area contributed by atoms with Crippen LogP contribution in [0, 0.1) is 11.8 Å². The number of hydrogen-bond acceptors (Lipinski definition) is 9. The van der Waals surface area contributed by atoms with Crippen LogP contribution in [-0.4, -0.2) is 27.6 Å². The number of ether oxygens (including phenoxy) is 2. The number of fused-ring (bicyclic) bond motifs is 2. The van der Waals surface area contributed by atoms with Crippen LogP contribution in [0.2, 0.25) is 0 Å². The summed E-state index contributed by atoms with van der Waals surface area (Å²) in [5.74, 6) is 0.678. The Kier molecular flexibility index (Phi) is 20.8. The van der Waals surface area contributed by atoms with E-state index in [9.17, 15) is 15.0 Å². The number of phenolic OH excluding ortho intramolecular Hbond substituents is 2. The van der Waals surface area contributed by atoms with Crippen molar-refractivity contribution in [2.75, 3.05) is 10.6 Å². The molecule has 0 aliphatic heterocycles. The quantitative estimate of drug-likeness (QED) is 0.0215. The van der Waals surface area contributed by atoms with E-state index in [2.05, 4.69) is 55.7 Å². The molecule has 81 heavy (non-hydrogen) atoms. The van der Waals surface area contributed by atoms with Gasteiger partial charge in [-0.25, -0.2) is 0 Å². The third-order valence-corrected chi connectivity index (χ3v) is 17.8. The highest BCUT2D eigenvalue weighted by Gasteiger charge is 2.41. The molecule has 0 aromatic heterocycles. The van der Waals surface area contributed by atoms with E-state index in [1.165, 1.54) is 145 Å². The van der Waals surface area contributed by atoms with Crippen molar-refractivity contribution < 1.29 is 34.1 Å². The van der Waals surface area contributed by atoms with Gasteiger partial charge < -0.3 is 30.3 Å². The van der Waals surface area contributed by atoms with Crippen LogP contribution < -0.4 is 20.1 Å². The summed E-state index contributed by atoms with van der Waals surface area (Å²) in [6.07, 6.45) is 31.2. The van der Waals surface area contributed by atoms with Crippen LogP contribution in [-0.2, 0) is 6.42 Å². The lowest BCUT2D eigenvalue weighted by Gasteiger charge is -2.29. The number of Topliss-reactive ketones (excluding diaryl/α,β-unsaturated/α-hetero) is 1. The zero-order valence-electron chi connectivity index (χ0n) is 48.8. The van der Waals surface area contributed by atoms with Crippen molar-refractivity contribution in [1.82, 2.24) is 0 Å². The maximum Gasteiger partial charge on any atom is 0.200 e. The van der Waals surface area contributed by atoms with Gasteiger partial charge in [0.25, 0.3) is 0 Å². The van der Waals surface area contributed by atoms with Gasteiger partial charge in [0.1, 0.15) is 11.5 Å². The molecular weight excluding hydrogens is 1000 g/mol. The topological polar surface area (TPSA) is 134 Å². The van der Waals surface area contributed by atoms with Gasteiger partial charge in [0.2, 0.25) is 11.6 Å². The number of carbonyl (C=O) groups is 3. The zero-order chi connectivity index (χ0) is 56.7. The second-order valence-electron chi connectivity index (χ2n) is 23.7. The number of benzene rings is 6. The average molecular weight is 1090 g/mol. The molecule has 0 unspecified atom stereocenters. The van der Waals surface area contributed by atoms with Crippen LogP contribution in [0.4, 0.5) is 22.7 Å². The van der Waals surface area contributed by atoms with Gasteiger partial charge in [-0.1, -0.05) is 166 Å². The molecule has 0 spiro atoms. The molecule has 3 aliphatic rings. The van der Waals surface area contributed by atoms with E-state index in [1.807, 2.05) is 48.5 Å². The fraction of sp³-hybridized carbons (Fsp3) is 0.458. The smallest absolute Gasteiger partial charge is 0.200 e. The molecule has 9 nitrogen and oxygen atoms in total. The van der Waals surface area contributed by atoms with Gasteiger partial charge in [0.05, 0.1) is 33.6 Å². The van der Waals surface area contributed by atoms with Crippen LogP contribution >= 0.6 is 0 Å². The number of aryl methyl sites for hydroxylation is 1. The van der Waals surface area contributed by atoms with Crippen molar-refractivity contribution in [3.8, 4) is 34.5 Å². The fourth-order valence-corrected chi connectivity index (χ4v) is 13.0. The van der Waals surface area contributed by atoms with Gasteiger partial charge in [-0.15, -0.1) is 0 Å². The largest absolute Gasteiger partial charge is 0.504 e. The highest BCUT2D eigenvalue weighted by Crippen LogP contribution is 2.51. The van der Waals surface area contributed by atoms with E-state index in [-0.39, 0.29) is 50.9 Å². The lowest BCUT2D eigenvalue weighted by atomic mass is 9.77. The standard InChI is InChI=1S/C72H88N2O7/c1-5-8-11-13-15-17-22-50-26-32-52(33-27-50)54-36-42-57(43-37-54)80-63-46-61(73-56-40-30-49(31-41-56)21-10-7-3)65-67(69(63)76)72(79)66-62(74-60-25-20-19-24-59(60)48(4)75)47-64(70(77)68(66)71(65)78)81-58-44-38-55(39-45-58)53-34-28-51(29-35-53)23-18-16-14-12-9-6-2/h19-20,24-25,30-31,36-47,50-53,73-74,76-77H,5-18,21-23,26-29,32-35H2,1-4H3. The molecule has 428 valence electrons. The summed E-state index contributed by atoms with van der Waals surface area (Å²) in [5.41, 5.74) is 4.53. The maximum atomic E-state index is 15.5. The Morgan fingerprint density at radius 1 is 0.481 bits per heavy atom. The highest BCUT2D eigenvalue weighted by molar-refractivity contribution is 6.34. The summed E-state index contributed by atoms with van der Waals surface area (Å²) in [6.45, 7) is 8.15. The van der Waals surface area contributed by atoms with Gasteiger partial charge >= 0.3 is 0 Å². The molecule has 0 atom stereocenters. The van der Waals surface area contributed by atoms with Gasteiger partial charge in [0.15, 0.2) is 28.8 Å². The fourth-order valence-electron chi connectivity index (χ4n) is 13.0. The number of nitrogens with one attached hydrogen (secondary N) is 2. The summed E-state index contributed by atoms with van der Waals surface area (Å²) in [6, 6.07) is 33.9. The Balaban J connectivity index is 1.01. The molecule has 0 saturated heterocycles. The third kappa shape index (κ3) is 14.8. The summed E-state index contributed by atoms with van der Waals surface area (Å²) in [7, 11) is 0. The minimum Gasteiger partial charge on any atom is -0.504 e. The Bertz CT molecular complexity index is 3050. The van der Waals surface area contributed by atoms with Gasteiger partial charge in [-0.05, 0) is 160 Å². The minimum atomic E-state index is -0.723. The van der Waals surface area contributed by atoms with E-state index in [0.29, 0.717) is 40.3 Å². The molecule has 0 heterocycles. The predicted octanol–water partition coefficient (Wildman–Crippen LogP) is 20.5. The van der Waals surface area contributed by atoms with Crippen molar-refractivity contribution >= 4 is 40.1 Å². The Morgan fingerprint density at radius 3 is 1.37 bits per heavy atom. The van der Waals surface area contributed by atoms with E-state index in [4.69, 9.17) is 9.47 Å². The first-order chi connectivity index (χ1) is 39.5. The molecule has 0 radical (unpaired) electrons. The lowest BCUT2D eigenvalue weighted by Crippen LogP contribution is -2.24. The molecular formula is C72H88N2O7. The number of rotatable bonds is 28. The summed E-state index contributed by atoms with van der Waals surface area (Å²) in [5, 5.41) is 31.4. The van der Waals surface area contributed by atoms with Gasteiger partial charge in [-0.3, -0.25) is 14.4 Å². The second kappa shape index (κ2) is 28.7. The number of aromatic hydroxyl groups is 2. The van der Waals surface area contributed by atoms with Crippen LogP contribution in [0.3, 0.4) is 0 Å². The van der Waals surface area contributed by atoms with E-state index in [1.54, 1.807) is 30.3 Å². The van der Waals surface area contributed by atoms with Crippen LogP contribution in [0.25, 0.3) is 0 Å². The number of unbranched alkanes of at least 4 members (excludes halogenated alkanes) is 11. The predicted molar refractivity (Wildman–Crippen MR) is 330 cm³/mol. The third-order valence-electron chi connectivity index (χ3n) is 17.8. The number of phenols is 2. The molecule has 3 aliphatic carbocycles.